The molecule has 3 aromatic rings. The Kier molecular flexibility index (Phi) is 7.08. The number of Topliss-reactive ketones (excluding diaryl/α,β-unsaturated/α-hetero) is 1. The van der Waals surface area contributed by atoms with Gasteiger partial charge in [-0.2, -0.15) is 0 Å². The molecule has 1 fully saturated rings. The Hall–Kier alpha value is -3.45. The zero-order chi connectivity index (χ0) is 25.1. The lowest BCUT2D eigenvalue weighted by Gasteiger charge is -2.39. The van der Waals surface area contributed by atoms with Crippen LogP contribution in [0, 0.1) is 6.92 Å². The Morgan fingerprint density at radius 1 is 1.23 bits per heavy atom. The maximum Gasteiger partial charge on any atom is 0.293 e. The number of aryl methyl sites for hydroxylation is 1. The van der Waals surface area contributed by atoms with Crippen LogP contribution in [0.5, 0.6) is 5.75 Å². The van der Waals surface area contributed by atoms with Gasteiger partial charge in [0, 0.05) is 5.56 Å². The van der Waals surface area contributed by atoms with Crippen LogP contribution in [0.15, 0.2) is 59.0 Å². The van der Waals surface area contributed by atoms with Gasteiger partial charge in [0.15, 0.2) is 5.78 Å². The highest BCUT2D eigenvalue weighted by atomic mass is 16.5. The third-order valence-corrected chi connectivity index (χ3v) is 6.96. The maximum atomic E-state index is 13.9. The van der Waals surface area contributed by atoms with Crippen molar-refractivity contribution in [3.63, 3.8) is 0 Å². The van der Waals surface area contributed by atoms with Crippen LogP contribution in [0.25, 0.3) is 11.5 Å². The van der Waals surface area contributed by atoms with Gasteiger partial charge >= 0.3 is 0 Å². The third kappa shape index (κ3) is 4.86. The summed E-state index contributed by atoms with van der Waals surface area (Å²) in [5, 5.41) is 3.33. The lowest BCUT2D eigenvalue weighted by molar-refractivity contribution is -0.144. The molecule has 1 N–H and O–H groups in total. The predicted molar refractivity (Wildman–Crippen MR) is 132 cm³/mol. The van der Waals surface area contributed by atoms with E-state index in [0.29, 0.717) is 36.8 Å². The molecule has 7 heteroatoms. The van der Waals surface area contributed by atoms with Crippen LogP contribution in [0.4, 0.5) is 0 Å². The molecule has 2 atom stereocenters. The number of oxazole rings is 1. The summed E-state index contributed by atoms with van der Waals surface area (Å²) >= 11 is 0. The van der Waals surface area contributed by atoms with Gasteiger partial charge in [-0.3, -0.25) is 9.59 Å². The lowest BCUT2D eigenvalue weighted by Crippen LogP contribution is -2.61. The van der Waals surface area contributed by atoms with Crippen molar-refractivity contribution in [1.82, 2.24) is 10.3 Å². The highest BCUT2D eigenvalue weighted by molar-refractivity contribution is 5.98. The van der Waals surface area contributed by atoms with Gasteiger partial charge in [-0.15, -0.1) is 0 Å². The molecule has 35 heavy (non-hydrogen) atoms. The van der Waals surface area contributed by atoms with Crippen LogP contribution >= 0.6 is 0 Å². The SMILES string of the molecule is Cc1oc(-c2ccccc2)nc1COc1cccc(C(C)(C)C(=O)[C@]2(C(C)OC=O)CCCN2)c1. The number of nitrogens with zero attached hydrogens (tertiary/aromatic N) is 1. The zero-order valence-electron chi connectivity index (χ0n) is 20.7. The molecule has 0 aliphatic carbocycles. The molecule has 0 amide bonds. The largest absolute Gasteiger partial charge is 0.487 e. The molecule has 2 aromatic carbocycles. The average Bonchev–Trinajstić information content (AvgIpc) is 3.51. The minimum absolute atomic E-state index is 0.00570. The molecule has 7 nitrogen and oxygen atoms in total. The first-order valence-corrected chi connectivity index (χ1v) is 11.9. The van der Waals surface area contributed by atoms with E-state index in [1.54, 1.807) is 6.92 Å². The zero-order valence-corrected chi connectivity index (χ0v) is 20.7. The van der Waals surface area contributed by atoms with E-state index in [-0.39, 0.29) is 12.4 Å². The van der Waals surface area contributed by atoms with Gasteiger partial charge in [-0.05, 0) is 76.9 Å². The minimum atomic E-state index is -0.910. The summed E-state index contributed by atoms with van der Waals surface area (Å²) in [7, 11) is 0. The quantitative estimate of drug-likeness (QED) is 0.422. The summed E-state index contributed by atoms with van der Waals surface area (Å²) in [6.07, 6.45) is 0.900. The topological polar surface area (TPSA) is 90.7 Å². The third-order valence-electron chi connectivity index (χ3n) is 6.96. The van der Waals surface area contributed by atoms with E-state index in [4.69, 9.17) is 13.9 Å². The molecule has 1 aliphatic rings. The van der Waals surface area contributed by atoms with Crippen molar-refractivity contribution >= 4 is 12.3 Å². The summed E-state index contributed by atoms with van der Waals surface area (Å²) in [5.41, 5.74) is 0.715. The van der Waals surface area contributed by atoms with Crippen LogP contribution in [-0.2, 0) is 26.3 Å². The number of carbonyl (C=O) groups is 2. The fourth-order valence-corrected chi connectivity index (χ4v) is 4.77. The van der Waals surface area contributed by atoms with Crippen LogP contribution in [0.3, 0.4) is 0 Å². The molecule has 1 aliphatic heterocycles. The number of ketones is 1. The van der Waals surface area contributed by atoms with Crippen molar-refractivity contribution in [1.29, 1.82) is 0 Å². The second kappa shape index (κ2) is 10.0. The number of ether oxygens (including phenoxy) is 2. The Morgan fingerprint density at radius 3 is 2.69 bits per heavy atom. The smallest absolute Gasteiger partial charge is 0.293 e. The van der Waals surface area contributed by atoms with Gasteiger partial charge in [0.25, 0.3) is 6.47 Å². The maximum absolute atomic E-state index is 13.9. The molecular formula is C28H32N2O5. The van der Waals surface area contributed by atoms with Crippen molar-refractivity contribution < 1.29 is 23.5 Å². The van der Waals surface area contributed by atoms with E-state index in [1.165, 1.54) is 0 Å². The van der Waals surface area contributed by atoms with E-state index in [1.807, 2.05) is 75.4 Å². The Bertz CT molecular complexity index is 1180. The molecule has 1 aromatic heterocycles. The normalized spacial score (nSPS) is 18.7. The molecule has 0 saturated carbocycles. The molecular weight excluding hydrogens is 444 g/mol. The van der Waals surface area contributed by atoms with Gasteiger partial charge in [-0.25, -0.2) is 4.98 Å². The highest BCUT2D eigenvalue weighted by Gasteiger charge is 2.52. The summed E-state index contributed by atoms with van der Waals surface area (Å²) in [6.45, 7) is 8.80. The first-order valence-electron chi connectivity index (χ1n) is 11.9. The van der Waals surface area contributed by atoms with Crippen molar-refractivity contribution in [3.8, 4) is 17.2 Å². The number of rotatable bonds is 10. The van der Waals surface area contributed by atoms with Crippen LogP contribution in [0.2, 0.25) is 0 Å². The first kappa shape index (κ1) is 24.7. The van der Waals surface area contributed by atoms with E-state index in [0.717, 1.165) is 23.2 Å². The molecule has 1 unspecified atom stereocenters. The molecule has 1 saturated heterocycles. The molecule has 4 rings (SSSR count). The van der Waals surface area contributed by atoms with Gasteiger partial charge in [0.1, 0.15) is 35.5 Å². The van der Waals surface area contributed by atoms with Crippen molar-refractivity contribution in [2.75, 3.05) is 6.54 Å². The molecule has 184 valence electrons. The summed E-state index contributed by atoms with van der Waals surface area (Å²) in [6, 6.07) is 17.3. The second-order valence-corrected chi connectivity index (χ2v) is 9.53. The standard InChI is InChI=1S/C28H32N2O5/c1-19-24(30-25(35-19)21-10-6-5-7-11-21)17-33-23-13-8-12-22(16-23)27(3,4)26(32)28(14-9-15-29-28)20(2)34-18-31/h5-8,10-13,16,18,20,29H,9,14-15,17H2,1-4H3/t20?,28-/m1/s1. The van der Waals surface area contributed by atoms with Crippen molar-refractivity contribution in [2.24, 2.45) is 0 Å². The van der Waals surface area contributed by atoms with Crippen LogP contribution in [-0.4, -0.2) is 35.4 Å². The summed E-state index contributed by atoms with van der Waals surface area (Å²) in [4.78, 5) is 29.5. The molecule has 0 spiro atoms. The molecule has 2 heterocycles. The van der Waals surface area contributed by atoms with E-state index in [9.17, 15) is 9.59 Å². The number of hydrogen-bond donors (Lipinski definition) is 1. The van der Waals surface area contributed by atoms with E-state index < -0.39 is 17.1 Å². The number of aromatic nitrogens is 1. The highest BCUT2D eigenvalue weighted by Crippen LogP contribution is 2.37. The monoisotopic (exact) mass is 476 g/mol. The second-order valence-electron chi connectivity index (χ2n) is 9.53. The fraction of sp³-hybridized carbons (Fsp3) is 0.393. The molecule has 0 bridgehead atoms. The number of benzene rings is 2. The Morgan fingerprint density at radius 2 is 2.00 bits per heavy atom. The Balaban J connectivity index is 1.52. The predicted octanol–water partition coefficient (Wildman–Crippen LogP) is 4.76. The van der Waals surface area contributed by atoms with Crippen molar-refractivity contribution in [2.45, 2.75) is 64.2 Å². The van der Waals surface area contributed by atoms with Gasteiger partial charge in [0.05, 0.1) is 5.41 Å². The first-order chi connectivity index (χ1) is 16.8. The van der Waals surface area contributed by atoms with E-state index in [2.05, 4.69) is 10.3 Å². The summed E-state index contributed by atoms with van der Waals surface area (Å²) < 4.78 is 17.1. The van der Waals surface area contributed by atoms with Gasteiger partial charge in [0.2, 0.25) is 5.89 Å². The number of carbonyl (C=O) groups excluding carboxylic acids is 2. The fourth-order valence-electron chi connectivity index (χ4n) is 4.77. The lowest BCUT2D eigenvalue weighted by atomic mass is 9.70. The number of hydrogen-bond acceptors (Lipinski definition) is 7. The van der Waals surface area contributed by atoms with Gasteiger partial charge < -0.3 is 19.2 Å². The van der Waals surface area contributed by atoms with Crippen LogP contribution in [0.1, 0.15) is 50.6 Å². The number of nitrogens with one attached hydrogen (secondary N) is 1. The molecule has 0 radical (unpaired) electrons. The minimum Gasteiger partial charge on any atom is -0.487 e. The van der Waals surface area contributed by atoms with Gasteiger partial charge in [-0.1, -0.05) is 30.3 Å². The average molecular weight is 477 g/mol. The van der Waals surface area contributed by atoms with E-state index >= 15 is 0 Å². The summed E-state index contributed by atoms with van der Waals surface area (Å²) in [5.74, 6) is 1.89. The Labute approximate surface area is 205 Å². The van der Waals surface area contributed by atoms with Crippen LogP contribution < -0.4 is 10.1 Å². The van der Waals surface area contributed by atoms with Crippen molar-refractivity contribution in [3.05, 3.63) is 71.6 Å².